The van der Waals surface area contributed by atoms with Crippen LogP contribution in [-0.2, 0) is 0 Å². The van der Waals surface area contributed by atoms with Crippen LogP contribution in [0, 0.1) is 0 Å². The van der Waals surface area contributed by atoms with Gasteiger partial charge in [-0.05, 0) is 39.8 Å². The van der Waals surface area contributed by atoms with Crippen LogP contribution in [0.3, 0.4) is 0 Å². The van der Waals surface area contributed by atoms with Gasteiger partial charge in [-0.15, -0.1) is 0 Å². The fourth-order valence-electron chi connectivity index (χ4n) is 2.85. The molecule has 1 atom stereocenters. The fourth-order valence-corrected chi connectivity index (χ4v) is 2.85. The van der Waals surface area contributed by atoms with Crippen LogP contribution >= 0.6 is 0 Å². The molecule has 0 aromatic carbocycles. The highest BCUT2D eigenvalue weighted by Gasteiger charge is 2.30. The van der Waals surface area contributed by atoms with Crippen molar-refractivity contribution < 1.29 is 0 Å². The zero-order chi connectivity index (χ0) is 14.8. The first-order valence-electron chi connectivity index (χ1n) is 8.21. The lowest BCUT2D eigenvalue weighted by molar-refractivity contribution is 0.315. The van der Waals surface area contributed by atoms with E-state index in [2.05, 4.69) is 42.2 Å². The molecule has 1 saturated carbocycles. The van der Waals surface area contributed by atoms with Crippen LogP contribution in [0.25, 0.3) is 0 Å². The highest BCUT2D eigenvalue weighted by molar-refractivity contribution is 5.51. The Morgan fingerprint density at radius 2 is 2.10 bits per heavy atom. The van der Waals surface area contributed by atoms with Gasteiger partial charge in [0.25, 0.3) is 0 Å². The Bertz CT molecular complexity index is 484. The molecule has 21 heavy (non-hydrogen) atoms. The molecule has 1 saturated heterocycles. The van der Waals surface area contributed by atoms with Gasteiger partial charge in [0.2, 0.25) is 0 Å². The van der Waals surface area contributed by atoms with Gasteiger partial charge in [-0.25, -0.2) is 9.97 Å². The second-order valence-electron chi connectivity index (χ2n) is 6.52. The maximum atomic E-state index is 4.84. The number of nitrogens with zero attached hydrogens (tertiary/aromatic N) is 4. The monoisotopic (exact) mass is 289 g/mol. The highest BCUT2D eigenvalue weighted by Crippen LogP contribution is 2.39. The fraction of sp³-hybridized carbons (Fsp3) is 0.750. The molecule has 0 bridgehead atoms. The maximum Gasteiger partial charge on any atom is 0.136 e. The van der Waals surface area contributed by atoms with E-state index in [1.165, 1.54) is 19.3 Å². The van der Waals surface area contributed by atoms with Gasteiger partial charge in [0.05, 0.1) is 0 Å². The summed E-state index contributed by atoms with van der Waals surface area (Å²) in [6, 6.07) is 2.76. The maximum absolute atomic E-state index is 4.84. The Labute approximate surface area is 127 Å². The Morgan fingerprint density at radius 3 is 2.71 bits per heavy atom. The van der Waals surface area contributed by atoms with Gasteiger partial charge in [0.15, 0.2) is 0 Å². The molecule has 1 aromatic heterocycles. The molecule has 1 N–H and O–H groups in total. The highest BCUT2D eigenvalue weighted by atomic mass is 15.3. The van der Waals surface area contributed by atoms with Gasteiger partial charge in [0.1, 0.15) is 17.5 Å². The van der Waals surface area contributed by atoms with E-state index in [0.29, 0.717) is 12.0 Å². The average molecular weight is 289 g/mol. The Kier molecular flexibility index (Phi) is 4.29. The van der Waals surface area contributed by atoms with Crippen molar-refractivity contribution in [2.45, 2.75) is 44.6 Å². The van der Waals surface area contributed by atoms with Gasteiger partial charge >= 0.3 is 0 Å². The molecule has 3 rings (SSSR count). The van der Waals surface area contributed by atoms with Crippen molar-refractivity contribution in [3.63, 3.8) is 0 Å². The van der Waals surface area contributed by atoms with Crippen LogP contribution < -0.4 is 10.2 Å². The molecule has 1 aliphatic heterocycles. The van der Waals surface area contributed by atoms with Crippen LogP contribution in [0.1, 0.15) is 44.3 Å². The number of nitrogens with one attached hydrogen (secondary N) is 1. The largest absolute Gasteiger partial charge is 0.370 e. The van der Waals surface area contributed by atoms with Gasteiger partial charge in [-0.3, -0.25) is 0 Å². The summed E-state index contributed by atoms with van der Waals surface area (Å²) in [6.07, 6.45) is 4.83. The van der Waals surface area contributed by atoms with Crippen molar-refractivity contribution in [2.24, 2.45) is 0 Å². The SMILES string of the molecule is CCCNc1cc(N2CCC(N(C)C)C2)nc(C2CC2)n1. The van der Waals surface area contributed by atoms with Crippen LogP contribution in [0.4, 0.5) is 11.6 Å². The van der Waals surface area contributed by atoms with Crippen molar-refractivity contribution in [1.82, 2.24) is 14.9 Å². The summed E-state index contributed by atoms with van der Waals surface area (Å²) < 4.78 is 0. The topological polar surface area (TPSA) is 44.3 Å². The van der Waals surface area contributed by atoms with Crippen molar-refractivity contribution in [2.75, 3.05) is 43.9 Å². The number of likely N-dealkylation sites (N-methyl/N-ethyl adjacent to an activating group) is 1. The van der Waals surface area contributed by atoms with Crippen molar-refractivity contribution >= 4 is 11.6 Å². The molecule has 1 aromatic rings. The normalized spacial score (nSPS) is 22.1. The molecule has 1 aliphatic carbocycles. The second-order valence-corrected chi connectivity index (χ2v) is 6.52. The van der Waals surface area contributed by atoms with Crippen molar-refractivity contribution in [3.05, 3.63) is 11.9 Å². The summed E-state index contributed by atoms with van der Waals surface area (Å²) >= 11 is 0. The minimum Gasteiger partial charge on any atom is -0.370 e. The average Bonchev–Trinajstić information content (AvgIpc) is 3.21. The quantitative estimate of drug-likeness (QED) is 0.870. The second kappa shape index (κ2) is 6.18. The molecular weight excluding hydrogens is 262 g/mol. The summed E-state index contributed by atoms with van der Waals surface area (Å²) in [5.41, 5.74) is 0. The van der Waals surface area contributed by atoms with Crippen LogP contribution in [-0.4, -0.2) is 54.6 Å². The predicted molar refractivity (Wildman–Crippen MR) is 87.1 cm³/mol. The molecule has 2 fully saturated rings. The van der Waals surface area contributed by atoms with E-state index >= 15 is 0 Å². The molecule has 0 spiro atoms. The molecule has 2 heterocycles. The Hall–Kier alpha value is -1.36. The third-order valence-corrected chi connectivity index (χ3v) is 4.45. The number of hydrogen-bond acceptors (Lipinski definition) is 5. The van der Waals surface area contributed by atoms with E-state index in [4.69, 9.17) is 9.97 Å². The molecule has 5 nitrogen and oxygen atoms in total. The first kappa shape index (κ1) is 14.6. The Balaban J connectivity index is 1.78. The first-order valence-corrected chi connectivity index (χ1v) is 8.21. The zero-order valence-corrected chi connectivity index (χ0v) is 13.5. The third kappa shape index (κ3) is 3.46. The molecule has 1 unspecified atom stereocenters. The third-order valence-electron chi connectivity index (χ3n) is 4.45. The van der Waals surface area contributed by atoms with Crippen LogP contribution in [0.15, 0.2) is 6.07 Å². The van der Waals surface area contributed by atoms with Gasteiger partial charge < -0.3 is 15.1 Å². The predicted octanol–water partition coefficient (Wildman–Crippen LogP) is 2.32. The minimum atomic E-state index is 0.597. The molecule has 0 amide bonds. The van der Waals surface area contributed by atoms with E-state index in [9.17, 15) is 0 Å². The summed E-state index contributed by atoms with van der Waals surface area (Å²) in [6.45, 7) is 5.32. The van der Waals surface area contributed by atoms with Gasteiger partial charge in [-0.1, -0.05) is 6.92 Å². The van der Waals surface area contributed by atoms with E-state index in [1.54, 1.807) is 0 Å². The molecular formula is C16H27N5. The number of anilines is 2. The smallest absolute Gasteiger partial charge is 0.136 e. The molecule has 116 valence electrons. The summed E-state index contributed by atoms with van der Waals surface area (Å²) in [5, 5.41) is 3.43. The lowest BCUT2D eigenvalue weighted by atomic mass is 10.2. The summed E-state index contributed by atoms with van der Waals surface area (Å²) in [4.78, 5) is 14.3. The zero-order valence-electron chi connectivity index (χ0n) is 13.5. The van der Waals surface area contributed by atoms with E-state index in [-0.39, 0.29) is 0 Å². The lowest BCUT2D eigenvalue weighted by Crippen LogP contribution is -2.31. The standard InChI is InChI=1S/C16H27N5/c1-4-8-17-14-10-15(19-16(18-14)12-5-6-12)21-9-7-13(11-21)20(2)3/h10,12-13H,4-9,11H2,1-3H3,(H,17,18,19). The van der Waals surface area contributed by atoms with Crippen LogP contribution in [0.5, 0.6) is 0 Å². The molecule has 0 radical (unpaired) electrons. The Morgan fingerprint density at radius 1 is 1.29 bits per heavy atom. The summed E-state index contributed by atoms with van der Waals surface area (Å²) in [7, 11) is 4.33. The van der Waals surface area contributed by atoms with Crippen molar-refractivity contribution in [1.29, 1.82) is 0 Å². The number of aromatic nitrogens is 2. The van der Waals surface area contributed by atoms with Gasteiger partial charge in [-0.2, -0.15) is 0 Å². The number of hydrogen-bond donors (Lipinski definition) is 1. The summed E-state index contributed by atoms with van der Waals surface area (Å²) in [5.74, 6) is 3.74. The van der Waals surface area contributed by atoms with Gasteiger partial charge in [0, 0.05) is 37.7 Å². The van der Waals surface area contributed by atoms with E-state index < -0.39 is 0 Å². The molecule has 2 aliphatic rings. The minimum absolute atomic E-state index is 0.597. The van der Waals surface area contributed by atoms with E-state index in [0.717, 1.165) is 43.5 Å². The van der Waals surface area contributed by atoms with E-state index in [1.807, 2.05) is 0 Å². The lowest BCUT2D eigenvalue weighted by Gasteiger charge is -2.22. The van der Waals surface area contributed by atoms with Crippen molar-refractivity contribution in [3.8, 4) is 0 Å². The number of rotatable bonds is 6. The first-order chi connectivity index (χ1) is 10.2. The molecule has 5 heteroatoms. The van der Waals surface area contributed by atoms with Crippen LogP contribution in [0.2, 0.25) is 0 Å².